The summed E-state index contributed by atoms with van der Waals surface area (Å²) in [6.07, 6.45) is 0.658. The van der Waals surface area contributed by atoms with Crippen LogP contribution in [0.2, 0.25) is 5.02 Å². The molecule has 2 N–H and O–H groups in total. The first-order valence-electron chi connectivity index (χ1n) is 9.34. The average molecular weight is 447 g/mol. The van der Waals surface area contributed by atoms with Gasteiger partial charge in [-0.2, -0.15) is 0 Å². The fraction of sp³-hybridized carbons (Fsp3) is 0.238. The molecule has 156 valence electrons. The number of carbonyl (C=O) groups is 2. The Morgan fingerprint density at radius 2 is 1.93 bits per heavy atom. The van der Waals surface area contributed by atoms with E-state index in [0.29, 0.717) is 21.6 Å². The molecule has 0 radical (unpaired) electrons. The van der Waals surface area contributed by atoms with Crippen molar-refractivity contribution < 1.29 is 14.0 Å². The highest BCUT2D eigenvalue weighted by molar-refractivity contribution is 7.18. The lowest BCUT2D eigenvalue weighted by atomic mass is 9.98. The number of nitrogens with zero attached hydrogens (tertiary/aromatic N) is 2. The summed E-state index contributed by atoms with van der Waals surface area (Å²) < 4.78 is 13.4. The van der Waals surface area contributed by atoms with Crippen molar-refractivity contribution in [3.8, 4) is 10.6 Å². The number of anilines is 1. The Labute approximate surface area is 182 Å². The van der Waals surface area contributed by atoms with Gasteiger partial charge in [0.05, 0.1) is 0 Å². The maximum absolute atomic E-state index is 13.4. The minimum atomic E-state index is -0.815. The van der Waals surface area contributed by atoms with Crippen LogP contribution in [0.3, 0.4) is 0 Å². The van der Waals surface area contributed by atoms with Gasteiger partial charge in [-0.15, -0.1) is 10.2 Å². The molecule has 2 atom stereocenters. The Balaban J connectivity index is 1.74. The van der Waals surface area contributed by atoms with Gasteiger partial charge in [-0.3, -0.25) is 14.9 Å². The van der Waals surface area contributed by atoms with E-state index in [1.54, 1.807) is 18.2 Å². The minimum Gasteiger partial charge on any atom is -0.340 e. The Morgan fingerprint density at radius 3 is 2.63 bits per heavy atom. The highest BCUT2D eigenvalue weighted by Crippen LogP contribution is 2.28. The van der Waals surface area contributed by atoms with Gasteiger partial charge in [0.15, 0.2) is 0 Å². The highest BCUT2D eigenvalue weighted by atomic mass is 35.5. The molecule has 0 saturated carbocycles. The van der Waals surface area contributed by atoms with Crippen LogP contribution in [0.4, 0.5) is 9.52 Å². The number of hydrogen-bond donors (Lipinski definition) is 2. The van der Waals surface area contributed by atoms with E-state index in [0.717, 1.165) is 11.6 Å². The van der Waals surface area contributed by atoms with E-state index in [-0.39, 0.29) is 11.5 Å². The van der Waals surface area contributed by atoms with E-state index in [2.05, 4.69) is 20.8 Å². The molecule has 2 amide bonds. The summed E-state index contributed by atoms with van der Waals surface area (Å²) >= 11 is 7.21. The van der Waals surface area contributed by atoms with Crippen LogP contribution in [0.15, 0.2) is 48.5 Å². The predicted octanol–water partition coefficient (Wildman–Crippen LogP) is 4.78. The Bertz CT molecular complexity index is 1060. The summed E-state index contributed by atoms with van der Waals surface area (Å²) in [4.78, 5) is 25.4. The van der Waals surface area contributed by atoms with Crippen molar-refractivity contribution in [2.45, 2.75) is 26.3 Å². The van der Waals surface area contributed by atoms with Crippen molar-refractivity contribution in [1.29, 1.82) is 0 Å². The number of amides is 2. The number of nitrogens with one attached hydrogen (secondary N) is 2. The second-order valence-corrected chi connectivity index (χ2v) is 8.17. The summed E-state index contributed by atoms with van der Waals surface area (Å²) in [5, 5.41) is 15.0. The lowest BCUT2D eigenvalue weighted by molar-refractivity contribution is -0.119. The summed E-state index contributed by atoms with van der Waals surface area (Å²) in [6, 6.07) is 11.7. The average Bonchev–Trinajstić information content (AvgIpc) is 3.19. The SMILES string of the molecule is CCC(C)C(NC(=O)c1cccc(F)c1)C(=O)Nc1nnc(-c2cccc(Cl)c2)s1. The number of hydrogen-bond acceptors (Lipinski definition) is 5. The van der Waals surface area contributed by atoms with Gasteiger partial charge in [0.1, 0.15) is 16.9 Å². The van der Waals surface area contributed by atoms with E-state index < -0.39 is 23.7 Å². The number of carbonyl (C=O) groups excluding carboxylic acids is 2. The molecule has 6 nitrogen and oxygen atoms in total. The summed E-state index contributed by atoms with van der Waals surface area (Å²) in [5.41, 5.74) is 0.939. The monoisotopic (exact) mass is 446 g/mol. The third-order valence-corrected chi connectivity index (χ3v) is 5.72. The van der Waals surface area contributed by atoms with Gasteiger partial charge in [-0.1, -0.05) is 61.4 Å². The standard InChI is InChI=1S/C21H20ClFN4O2S/c1-3-12(2)17(24-18(28)13-6-5-9-16(23)11-13)19(29)25-21-27-26-20(30-21)14-7-4-8-15(22)10-14/h4-12,17H,3H2,1-2H3,(H,24,28)(H,25,27,29). The van der Waals surface area contributed by atoms with Gasteiger partial charge in [-0.05, 0) is 36.2 Å². The number of benzene rings is 2. The molecule has 0 aliphatic heterocycles. The fourth-order valence-corrected chi connectivity index (χ4v) is 3.68. The van der Waals surface area contributed by atoms with Crippen molar-refractivity contribution >= 4 is 39.9 Å². The second-order valence-electron chi connectivity index (χ2n) is 6.76. The third kappa shape index (κ3) is 5.40. The zero-order valence-corrected chi connectivity index (χ0v) is 17.9. The van der Waals surface area contributed by atoms with Crippen molar-refractivity contribution in [3.63, 3.8) is 0 Å². The van der Waals surface area contributed by atoms with Gasteiger partial charge in [-0.25, -0.2) is 4.39 Å². The molecule has 3 rings (SSSR count). The molecule has 1 aromatic heterocycles. The fourth-order valence-electron chi connectivity index (χ4n) is 2.75. The number of aromatic nitrogens is 2. The molecule has 2 unspecified atom stereocenters. The van der Waals surface area contributed by atoms with Gasteiger partial charge in [0.2, 0.25) is 11.0 Å². The zero-order chi connectivity index (χ0) is 21.7. The van der Waals surface area contributed by atoms with Crippen LogP contribution in [-0.2, 0) is 4.79 Å². The lowest BCUT2D eigenvalue weighted by Crippen LogP contribution is -2.47. The van der Waals surface area contributed by atoms with E-state index >= 15 is 0 Å². The largest absolute Gasteiger partial charge is 0.340 e. The molecular formula is C21H20ClFN4O2S. The quantitative estimate of drug-likeness (QED) is 0.547. The molecule has 30 heavy (non-hydrogen) atoms. The highest BCUT2D eigenvalue weighted by Gasteiger charge is 2.27. The van der Waals surface area contributed by atoms with Crippen molar-refractivity contribution in [3.05, 3.63) is 64.9 Å². The molecule has 2 aromatic carbocycles. The van der Waals surface area contributed by atoms with Gasteiger partial charge < -0.3 is 5.32 Å². The molecule has 3 aromatic rings. The molecule has 0 spiro atoms. The van der Waals surface area contributed by atoms with Gasteiger partial charge in [0, 0.05) is 16.1 Å². The van der Waals surface area contributed by atoms with Crippen LogP contribution in [0.25, 0.3) is 10.6 Å². The molecule has 1 heterocycles. The van der Waals surface area contributed by atoms with E-state index in [4.69, 9.17) is 11.6 Å². The Hall–Kier alpha value is -2.84. The maximum Gasteiger partial charge on any atom is 0.252 e. The molecule has 0 aliphatic carbocycles. The molecule has 0 fully saturated rings. The van der Waals surface area contributed by atoms with Crippen LogP contribution in [0, 0.1) is 11.7 Å². The summed E-state index contributed by atoms with van der Waals surface area (Å²) in [6.45, 7) is 3.77. The first-order valence-corrected chi connectivity index (χ1v) is 10.5. The predicted molar refractivity (Wildman–Crippen MR) is 116 cm³/mol. The van der Waals surface area contributed by atoms with Crippen LogP contribution in [-0.4, -0.2) is 28.1 Å². The molecular weight excluding hydrogens is 427 g/mol. The van der Waals surface area contributed by atoms with Gasteiger partial charge >= 0.3 is 0 Å². The summed E-state index contributed by atoms with van der Waals surface area (Å²) in [7, 11) is 0. The van der Waals surface area contributed by atoms with Crippen molar-refractivity contribution in [2.75, 3.05) is 5.32 Å². The number of rotatable bonds is 7. The van der Waals surface area contributed by atoms with Crippen LogP contribution in [0.1, 0.15) is 30.6 Å². The van der Waals surface area contributed by atoms with E-state index in [1.165, 1.54) is 29.5 Å². The maximum atomic E-state index is 13.4. The summed E-state index contributed by atoms with van der Waals surface area (Å²) in [5.74, 6) is -1.60. The Kier molecular flexibility index (Phi) is 7.12. The Morgan fingerprint density at radius 1 is 1.17 bits per heavy atom. The molecule has 9 heteroatoms. The van der Waals surface area contributed by atoms with Gasteiger partial charge in [0.25, 0.3) is 5.91 Å². The normalized spacial score (nSPS) is 12.8. The van der Waals surface area contributed by atoms with E-state index in [9.17, 15) is 14.0 Å². The molecule has 0 saturated heterocycles. The first kappa shape index (κ1) is 21.9. The van der Waals surface area contributed by atoms with Crippen LogP contribution < -0.4 is 10.6 Å². The zero-order valence-electron chi connectivity index (χ0n) is 16.4. The first-order chi connectivity index (χ1) is 14.4. The topological polar surface area (TPSA) is 84.0 Å². The molecule has 0 aliphatic rings. The van der Waals surface area contributed by atoms with Crippen LogP contribution >= 0.6 is 22.9 Å². The molecule has 0 bridgehead atoms. The third-order valence-electron chi connectivity index (χ3n) is 4.60. The van der Waals surface area contributed by atoms with Crippen LogP contribution in [0.5, 0.6) is 0 Å². The minimum absolute atomic E-state index is 0.148. The van der Waals surface area contributed by atoms with Crippen molar-refractivity contribution in [2.24, 2.45) is 5.92 Å². The smallest absolute Gasteiger partial charge is 0.252 e. The van der Waals surface area contributed by atoms with Crippen molar-refractivity contribution in [1.82, 2.24) is 15.5 Å². The van der Waals surface area contributed by atoms with E-state index in [1.807, 2.05) is 19.9 Å². The number of halogens is 2. The lowest BCUT2D eigenvalue weighted by Gasteiger charge is -2.23. The second kappa shape index (κ2) is 9.77.